The van der Waals surface area contributed by atoms with Gasteiger partial charge in [-0.3, -0.25) is 4.79 Å². The predicted octanol–water partition coefficient (Wildman–Crippen LogP) is 2.74. The number of nitrogens with one attached hydrogen (secondary N) is 1. The van der Waals surface area contributed by atoms with Crippen molar-refractivity contribution in [3.63, 3.8) is 0 Å². The Hall–Kier alpha value is -2.08. The molecule has 5 nitrogen and oxygen atoms in total. The summed E-state index contributed by atoms with van der Waals surface area (Å²) >= 11 is 1.70. The van der Waals surface area contributed by atoms with Crippen molar-refractivity contribution in [2.75, 3.05) is 0 Å². The van der Waals surface area contributed by atoms with Gasteiger partial charge in [-0.15, -0.1) is 11.3 Å². The number of aryl methyl sites for hydroxylation is 2. The molecule has 2 heterocycles. The number of hydrogen-bond donors (Lipinski definition) is 2. The summed E-state index contributed by atoms with van der Waals surface area (Å²) in [4.78, 5) is 25.5. The summed E-state index contributed by atoms with van der Waals surface area (Å²) in [5, 5.41) is 11.9. The molecule has 0 aliphatic heterocycles. The van der Waals surface area contributed by atoms with Crippen molar-refractivity contribution >= 4 is 23.2 Å². The molecule has 2 aromatic heterocycles. The fraction of sp³-hybridized carbons (Fsp3) is 0.333. The van der Waals surface area contributed by atoms with E-state index in [1.165, 1.54) is 20.4 Å². The highest BCUT2D eigenvalue weighted by Crippen LogP contribution is 2.26. The second-order valence-corrected chi connectivity index (χ2v) is 6.44. The molecule has 6 heteroatoms. The third kappa shape index (κ3) is 3.52. The van der Waals surface area contributed by atoms with E-state index in [-0.39, 0.29) is 24.2 Å². The number of aromatic carboxylic acids is 1. The Balaban J connectivity index is 2.03. The highest BCUT2D eigenvalue weighted by Gasteiger charge is 2.16. The van der Waals surface area contributed by atoms with E-state index in [1.807, 2.05) is 20.8 Å². The topological polar surface area (TPSA) is 71.3 Å². The molecule has 2 aromatic rings. The van der Waals surface area contributed by atoms with E-state index in [1.54, 1.807) is 23.6 Å². The zero-order chi connectivity index (χ0) is 15.6. The zero-order valence-corrected chi connectivity index (χ0v) is 13.0. The molecule has 21 heavy (non-hydrogen) atoms. The number of rotatable bonds is 5. The van der Waals surface area contributed by atoms with Gasteiger partial charge < -0.3 is 15.0 Å². The Morgan fingerprint density at radius 3 is 2.71 bits per heavy atom. The highest BCUT2D eigenvalue weighted by atomic mass is 32.1. The Morgan fingerprint density at radius 1 is 1.43 bits per heavy atom. The Bertz CT molecular complexity index is 672. The lowest BCUT2D eigenvalue weighted by Crippen LogP contribution is -2.30. The van der Waals surface area contributed by atoms with Crippen LogP contribution in [-0.4, -0.2) is 21.6 Å². The number of thiophene rings is 1. The van der Waals surface area contributed by atoms with Crippen molar-refractivity contribution in [2.24, 2.45) is 0 Å². The Labute approximate surface area is 127 Å². The van der Waals surface area contributed by atoms with Gasteiger partial charge in [-0.1, -0.05) is 0 Å². The van der Waals surface area contributed by atoms with Crippen molar-refractivity contribution in [1.82, 2.24) is 9.88 Å². The first-order chi connectivity index (χ1) is 9.88. The summed E-state index contributed by atoms with van der Waals surface area (Å²) in [5.74, 6) is -1.24. The quantitative estimate of drug-likeness (QED) is 0.892. The largest absolute Gasteiger partial charge is 0.477 e. The van der Waals surface area contributed by atoms with Crippen LogP contribution in [0, 0.1) is 13.8 Å². The standard InChI is InChI=1S/C15H18N2O3S/c1-9-7-12(11(3)21-9)10(2)16-14(18)8-17-6-4-5-13(17)15(19)20/h4-7,10H,8H2,1-3H3,(H,16,18)(H,19,20). The van der Waals surface area contributed by atoms with Crippen LogP contribution in [-0.2, 0) is 11.3 Å². The number of amides is 1. The van der Waals surface area contributed by atoms with Crippen LogP contribution in [0.15, 0.2) is 24.4 Å². The zero-order valence-electron chi connectivity index (χ0n) is 12.2. The number of nitrogens with zero attached hydrogens (tertiary/aromatic N) is 1. The Morgan fingerprint density at radius 2 is 2.14 bits per heavy atom. The van der Waals surface area contributed by atoms with Crippen LogP contribution in [0.5, 0.6) is 0 Å². The van der Waals surface area contributed by atoms with Gasteiger partial charge >= 0.3 is 5.97 Å². The highest BCUT2D eigenvalue weighted by molar-refractivity contribution is 7.12. The minimum atomic E-state index is -1.04. The molecule has 0 aliphatic carbocycles. The molecule has 0 saturated heterocycles. The monoisotopic (exact) mass is 306 g/mol. The second kappa shape index (κ2) is 6.13. The van der Waals surface area contributed by atoms with Crippen LogP contribution >= 0.6 is 11.3 Å². The molecule has 0 aromatic carbocycles. The number of carboxylic acids is 1. The van der Waals surface area contributed by atoms with Gasteiger partial charge in [0.2, 0.25) is 5.91 Å². The summed E-state index contributed by atoms with van der Waals surface area (Å²) in [6, 6.07) is 5.08. The first-order valence-electron chi connectivity index (χ1n) is 6.63. The van der Waals surface area contributed by atoms with Crippen molar-refractivity contribution in [1.29, 1.82) is 0 Å². The lowest BCUT2D eigenvalue weighted by molar-refractivity contribution is -0.122. The maximum absolute atomic E-state index is 12.1. The first kappa shape index (κ1) is 15.3. The molecule has 112 valence electrons. The van der Waals surface area contributed by atoms with Gasteiger partial charge in [0.1, 0.15) is 12.2 Å². The van der Waals surface area contributed by atoms with E-state index >= 15 is 0 Å². The predicted molar refractivity (Wildman–Crippen MR) is 81.7 cm³/mol. The third-order valence-corrected chi connectivity index (χ3v) is 4.27. The van der Waals surface area contributed by atoms with Crippen LogP contribution in [0.1, 0.15) is 38.8 Å². The van der Waals surface area contributed by atoms with Gasteiger partial charge in [0.05, 0.1) is 6.04 Å². The maximum Gasteiger partial charge on any atom is 0.352 e. The smallest absolute Gasteiger partial charge is 0.352 e. The van der Waals surface area contributed by atoms with Gasteiger partial charge in [0.25, 0.3) is 0 Å². The molecule has 2 N–H and O–H groups in total. The molecule has 0 bridgehead atoms. The van der Waals surface area contributed by atoms with Crippen LogP contribution < -0.4 is 5.32 Å². The first-order valence-corrected chi connectivity index (χ1v) is 7.45. The maximum atomic E-state index is 12.1. The molecule has 1 unspecified atom stereocenters. The summed E-state index contributed by atoms with van der Waals surface area (Å²) in [5.41, 5.74) is 1.22. The number of hydrogen-bond acceptors (Lipinski definition) is 3. The summed E-state index contributed by atoms with van der Waals surface area (Å²) < 4.78 is 1.43. The number of carboxylic acid groups (broad SMARTS) is 1. The van der Waals surface area contributed by atoms with Crippen LogP contribution in [0.2, 0.25) is 0 Å². The van der Waals surface area contributed by atoms with Crippen LogP contribution in [0.3, 0.4) is 0 Å². The number of carbonyl (C=O) groups is 2. The average molecular weight is 306 g/mol. The van der Waals surface area contributed by atoms with Crippen molar-refractivity contribution in [3.8, 4) is 0 Å². The van der Waals surface area contributed by atoms with Gasteiger partial charge in [-0.25, -0.2) is 4.79 Å². The molecule has 0 fully saturated rings. The summed E-state index contributed by atoms with van der Waals surface area (Å²) in [7, 11) is 0. The third-order valence-electron chi connectivity index (χ3n) is 3.29. The van der Waals surface area contributed by atoms with E-state index in [0.29, 0.717) is 0 Å². The molecule has 0 saturated carbocycles. The molecule has 2 rings (SSSR count). The van der Waals surface area contributed by atoms with Crippen molar-refractivity contribution in [2.45, 2.75) is 33.4 Å². The van der Waals surface area contributed by atoms with Crippen LogP contribution in [0.25, 0.3) is 0 Å². The molecule has 0 aliphatic rings. The van der Waals surface area contributed by atoms with Gasteiger partial charge in [0.15, 0.2) is 0 Å². The number of carbonyl (C=O) groups excluding carboxylic acids is 1. The summed E-state index contributed by atoms with van der Waals surface area (Å²) in [6.45, 7) is 6.00. The fourth-order valence-corrected chi connectivity index (χ4v) is 3.37. The minimum absolute atomic E-state index is 0.00113. The molecule has 1 atom stereocenters. The molecule has 1 amide bonds. The number of aromatic nitrogens is 1. The summed E-state index contributed by atoms with van der Waals surface area (Å²) in [6.07, 6.45) is 1.59. The van der Waals surface area contributed by atoms with Gasteiger partial charge in [-0.2, -0.15) is 0 Å². The van der Waals surface area contributed by atoms with E-state index < -0.39 is 5.97 Å². The second-order valence-electron chi connectivity index (χ2n) is 4.98. The van der Waals surface area contributed by atoms with Crippen molar-refractivity contribution in [3.05, 3.63) is 45.4 Å². The van der Waals surface area contributed by atoms with Gasteiger partial charge in [-0.05, 0) is 44.5 Å². The normalized spacial score (nSPS) is 12.1. The molecular weight excluding hydrogens is 288 g/mol. The van der Waals surface area contributed by atoms with Crippen LogP contribution in [0.4, 0.5) is 0 Å². The van der Waals surface area contributed by atoms with E-state index in [0.717, 1.165) is 5.56 Å². The molecule has 0 radical (unpaired) electrons. The minimum Gasteiger partial charge on any atom is -0.477 e. The lowest BCUT2D eigenvalue weighted by Gasteiger charge is -2.15. The molecular formula is C15H18N2O3S. The Kier molecular flexibility index (Phi) is 4.47. The van der Waals surface area contributed by atoms with E-state index in [9.17, 15) is 9.59 Å². The van der Waals surface area contributed by atoms with E-state index in [2.05, 4.69) is 11.4 Å². The lowest BCUT2D eigenvalue weighted by atomic mass is 10.1. The average Bonchev–Trinajstić information content (AvgIpc) is 2.95. The fourth-order valence-electron chi connectivity index (χ4n) is 2.35. The van der Waals surface area contributed by atoms with E-state index in [4.69, 9.17) is 5.11 Å². The van der Waals surface area contributed by atoms with Crippen molar-refractivity contribution < 1.29 is 14.7 Å². The van der Waals surface area contributed by atoms with Gasteiger partial charge in [0, 0.05) is 16.0 Å². The SMILES string of the molecule is Cc1cc(C(C)NC(=O)Cn2cccc2C(=O)O)c(C)s1. The molecule has 0 spiro atoms.